The summed E-state index contributed by atoms with van der Waals surface area (Å²) in [5.41, 5.74) is 4.29. The second-order valence-corrected chi connectivity index (χ2v) is 5.13. The fourth-order valence-electron chi connectivity index (χ4n) is 2.45. The molecule has 0 aliphatic heterocycles. The second-order valence-electron chi connectivity index (χ2n) is 4.69. The van der Waals surface area contributed by atoms with Crippen LogP contribution in [0.1, 0.15) is 23.2 Å². The average Bonchev–Trinajstić information content (AvgIpc) is 2.72. The predicted molar refractivity (Wildman–Crippen MR) is 71.7 cm³/mol. The number of halogens is 1. The zero-order valence-corrected chi connectivity index (χ0v) is 10.5. The molecule has 0 aromatic heterocycles. The Morgan fingerprint density at radius 1 is 1.33 bits per heavy atom. The van der Waals surface area contributed by atoms with E-state index in [9.17, 15) is 4.79 Å². The van der Waals surface area contributed by atoms with Crippen LogP contribution in [0.15, 0.2) is 41.5 Å². The summed E-state index contributed by atoms with van der Waals surface area (Å²) in [7, 11) is 0. The van der Waals surface area contributed by atoms with Crippen molar-refractivity contribution in [3.63, 3.8) is 0 Å². The van der Waals surface area contributed by atoms with Crippen LogP contribution in [0.2, 0.25) is 5.02 Å². The van der Waals surface area contributed by atoms with Crippen LogP contribution in [0.25, 0.3) is 0 Å². The number of fused-ring (bicyclic) bond motifs is 1. The minimum Gasteiger partial charge on any atom is -0.267 e. The number of carbonyl (C=O) groups is 1. The molecule has 0 heterocycles. The van der Waals surface area contributed by atoms with Gasteiger partial charge in [0, 0.05) is 22.2 Å². The SMILES string of the molecule is O=C(NN=C1CC2C=CCC12)c1ccc(Cl)cc1. The predicted octanol–water partition coefficient (Wildman–Crippen LogP) is 3.02. The molecule has 1 saturated carbocycles. The molecule has 1 aromatic rings. The van der Waals surface area contributed by atoms with Crippen LogP contribution in [0.5, 0.6) is 0 Å². The Morgan fingerprint density at radius 2 is 2.11 bits per heavy atom. The lowest BCUT2D eigenvalue weighted by molar-refractivity contribution is 0.0954. The number of amides is 1. The summed E-state index contributed by atoms with van der Waals surface area (Å²) in [4.78, 5) is 11.8. The van der Waals surface area contributed by atoms with E-state index in [1.54, 1.807) is 24.3 Å². The third-order valence-corrected chi connectivity index (χ3v) is 3.82. The molecule has 3 rings (SSSR count). The van der Waals surface area contributed by atoms with Crippen LogP contribution < -0.4 is 5.43 Å². The zero-order chi connectivity index (χ0) is 12.5. The fraction of sp³-hybridized carbons (Fsp3) is 0.286. The molecule has 0 radical (unpaired) electrons. The first-order valence-electron chi connectivity index (χ1n) is 6.03. The Bertz CT molecular complexity index is 533. The van der Waals surface area contributed by atoms with Crippen molar-refractivity contribution in [3.8, 4) is 0 Å². The standard InChI is InChI=1S/C14H13ClN2O/c15-11-6-4-9(5-7-11)14(18)17-16-13-8-10-2-1-3-12(10)13/h1-2,4-7,10,12H,3,8H2,(H,17,18). The Hall–Kier alpha value is -1.61. The summed E-state index contributed by atoms with van der Waals surface area (Å²) in [6.45, 7) is 0. The number of benzene rings is 1. The number of hydrogen-bond acceptors (Lipinski definition) is 2. The van der Waals surface area contributed by atoms with Gasteiger partial charge in [-0.05, 0) is 43.0 Å². The molecule has 92 valence electrons. The minimum absolute atomic E-state index is 0.187. The van der Waals surface area contributed by atoms with E-state index in [1.165, 1.54) is 0 Å². The van der Waals surface area contributed by atoms with E-state index in [2.05, 4.69) is 22.7 Å². The number of hydrazone groups is 1. The van der Waals surface area contributed by atoms with Crippen LogP contribution in [-0.2, 0) is 0 Å². The topological polar surface area (TPSA) is 41.5 Å². The highest BCUT2D eigenvalue weighted by Crippen LogP contribution is 2.40. The third kappa shape index (κ3) is 2.06. The molecule has 1 fully saturated rings. The van der Waals surface area contributed by atoms with E-state index in [1.807, 2.05) is 0 Å². The van der Waals surface area contributed by atoms with Gasteiger partial charge in [-0.1, -0.05) is 23.8 Å². The smallest absolute Gasteiger partial charge is 0.267 e. The molecule has 1 aromatic carbocycles. The minimum atomic E-state index is -0.187. The quantitative estimate of drug-likeness (QED) is 0.645. The monoisotopic (exact) mass is 260 g/mol. The molecule has 2 atom stereocenters. The number of nitrogens with zero attached hydrogens (tertiary/aromatic N) is 1. The molecular formula is C14H13ClN2O. The van der Waals surface area contributed by atoms with Gasteiger partial charge in [-0.25, -0.2) is 5.43 Å². The van der Waals surface area contributed by atoms with E-state index < -0.39 is 0 Å². The number of allylic oxidation sites excluding steroid dienone is 2. The summed E-state index contributed by atoms with van der Waals surface area (Å²) >= 11 is 5.77. The molecule has 0 bridgehead atoms. The molecule has 2 unspecified atom stereocenters. The van der Waals surface area contributed by atoms with E-state index in [4.69, 9.17) is 11.6 Å². The Kier molecular flexibility index (Phi) is 2.92. The summed E-state index contributed by atoms with van der Waals surface area (Å²) in [6, 6.07) is 6.78. The van der Waals surface area contributed by atoms with E-state index in [0.29, 0.717) is 22.4 Å². The van der Waals surface area contributed by atoms with Crippen LogP contribution in [0.3, 0.4) is 0 Å². The summed E-state index contributed by atoms with van der Waals surface area (Å²) in [6.07, 6.45) is 6.46. The van der Waals surface area contributed by atoms with Crippen molar-refractivity contribution in [1.29, 1.82) is 0 Å². The highest BCUT2D eigenvalue weighted by atomic mass is 35.5. The Morgan fingerprint density at radius 3 is 2.83 bits per heavy atom. The van der Waals surface area contributed by atoms with E-state index in [0.717, 1.165) is 18.6 Å². The molecule has 3 nitrogen and oxygen atoms in total. The van der Waals surface area contributed by atoms with Gasteiger partial charge in [0.15, 0.2) is 0 Å². The van der Waals surface area contributed by atoms with Crippen molar-refractivity contribution < 1.29 is 4.79 Å². The Balaban J connectivity index is 1.62. The molecule has 4 heteroatoms. The first-order valence-corrected chi connectivity index (χ1v) is 6.41. The van der Waals surface area contributed by atoms with Gasteiger partial charge in [-0.3, -0.25) is 4.79 Å². The first-order chi connectivity index (χ1) is 8.74. The van der Waals surface area contributed by atoms with Crippen molar-refractivity contribution in [1.82, 2.24) is 5.43 Å². The lowest BCUT2D eigenvalue weighted by Gasteiger charge is -2.31. The van der Waals surface area contributed by atoms with Gasteiger partial charge in [0.1, 0.15) is 0 Å². The second kappa shape index (κ2) is 4.58. The highest BCUT2D eigenvalue weighted by Gasteiger charge is 2.37. The molecule has 2 aliphatic rings. The van der Waals surface area contributed by atoms with Crippen molar-refractivity contribution in [3.05, 3.63) is 47.0 Å². The molecule has 1 amide bonds. The summed E-state index contributed by atoms with van der Waals surface area (Å²) in [5, 5.41) is 4.84. The summed E-state index contributed by atoms with van der Waals surface area (Å²) in [5.74, 6) is 0.986. The largest absolute Gasteiger partial charge is 0.271 e. The maximum atomic E-state index is 11.8. The fourth-order valence-corrected chi connectivity index (χ4v) is 2.58. The first kappa shape index (κ1) is 11.5. The molecular weight excluding hydrogens is 248 g/mol. The lowest BCUT2D eigenvalue weighted by Crippen LogP contribution is -2.35. The molecule has 1 N–H and O–H groups in total. The van der Waals surface area contributed by atoms with Crippen molar-refractivity contribution in [2.45, 2.75) is 12.8 Å². The van der Waals surface area contributed by atoms with Crippen molar-refractivity contribution in [2.24, 2.45) is 16.9 Å². The third-order valence-electron chi connectivity index (χ3n) is 3.57. The maximum Gasteiger partial charge on any atom is 0.271 e. The number of nitrogens with one attached hydrogen (secondary N) is 1. The van der Waals surface area contributed by atoms with Crippen LogP contribution >= 0.6 is 11.6 Å². The lowest BCUT2D eigenvalue weighted by atomic mass is 9.74. The van der Waals surface area contributed by atoms with Crippen LogP contribution in [0, 0.1) is 11.8 Å². The van der Waals surface area contributed by atoms with Crippen molar-refractivity contribution >= 4 is 23.2 Å². The van der Waals surface area contributed by atoms with Gasteiger partial charge in [-0.15, -0.1) is 0 Å². The molecule has 18 heavy (non-hydrogen) atoms. The maximum absolute atomic E-state index is 11.8. The van der Waals surface area contributed by atoms with Crippen molar-refractivity contribution in [2.75, 3.05) is 0 Å². The van der Waals surface area contributed by atoms with Gasteiger partial charge >= 0.3 is 0 Å². The molecule has 0 spiro atoms. The Labute approximate surface area is 111 Å². The number of carbonyl (C=O) groups excluding carboxylic acids is 1. The number of rotatable bonds is 2. The van der Waals surface area contributed by atoms with Gasteiger partial charge in [0.2, 0.25) is 0 Å². The van der Waals surface area contributed by atoms with E-state index >= 15 is 0 Å². The van der Waals surface area contributed by atoms with Gasteiger partial charge < -0.3 is 0 Å². The number of hydrogen-bond donors (Lipinski definition) is 1. The molecule has 2 aliphatic carbocycles. The van der Waals surface area contributed by atoms with Crippen LogP contribution in [-0.4, -0.2) is 11.6 Å². The van der Waals surface area contributed by atoms with E-state index in [-0.39, 0.29) is 5.91 Å². The normalized spacial score (nSPS) is 26.8. The molecule has 0 saturated heterocycles. The zero-order valence-electron chi connectivity index (χ0n) is 9.77. The highest BCUT2D eigenvalue weighted by molar-refractivity contribution is 6.30. The van der Waals surface area contributed by atoms with Gasteiger partial charge in [0.05, 0.1) is 0 Å². The van der Waals surface area contributed by atoms with Gasteiger partial charge in [0.25, 0.3) is 5.91 Å². The van der Waals surface area contributed by atoms with Gasteiger partial charge in [-0.2, -0.15) is 5.10 Å². The summed E-state index contributed by atoms with van der Waals surface area (Å²) < 4.78 is 0. The average molecular weight is 261 g/mol. The van der Waals surface area contributed by atoms with Crippen LogP contribution in [0.4, 0.5) is 0 Å².